The van der Waals surface area contributed by atoms with Gasteiger partial charge in [-0.2, -0.15) is 0 Å². The zero-order valence-corrected chi connectivity index (χ0v) is 16.7. The van der Waals surface area contributed by atoms with Gasteiger partial charge in [-0.25, -0.2) is 0 Å². The SMILES string of the molecule is CCN(CC)CCOCCN(CCCN(C)C)CCCN(C)C. The molecule has 0 bridgehead atoms. The normalized spacial score (nSPS) is 12.3. The van der Waals surface area contributed by atoms with Crippen LogP contribution in [0, 0.1) is 0 Å². The predicted molar refractivity (Wildman–Crippen MR) is 101 cm³/mol. The minimum atomic E-state index is 0.852. The Bertz CT molecular complexity index is 231. The lowest BCUT2D eigenvalue weighted by Gasteiger charge is -2.24. The van der Waals surface area contributed by atoms with Gasteiger partial charge in [0.2, 0.25) is 0 Å². The van der Waals surface area contributed by atoms with Gasteiger partial charge in [-0.05, 0) is 80.3 Å². The van der Waals surface area contributed by atoms with E-state index in [2.05, 4.69) is 61.6 Å². The Morgan fingerprint density at radius 2 is 1.00 bits per heavy atom. The highest BCUT2D eigenvalue weighted by Gasteiger charge is 2.06. The maximum atomic E-state index is 5.85. The molecule has 0 N–H and O–H groups in total. The molecule has 0 radical (unpaired) electrons. The zero-order valence-electron chi connectivity index (χ0n) is 16.7. The maximum Gasteiger partial charge on any atom is 0.0594 e. The van der Waals surface area contributed by atoms with Crippen molar-refractivity contribution in [1.82, 2.24) is 19.6 Å². The van der Waals surface area contributed by atoms with Crippen molar-refractivity contribution < 1.29 is 4.74 Å². The molecule has 23 heavy (non-hydrogen) atoms. The van der Waals surface area contributed by atoms with Crippen molar-refractivity contribution in [3.05, 3.63) is 0 Å². The molecule has 5 nitrogen and oxygen atoms in total. The van der Waals surface area contributed by atoms with Crippen LogP contribution in [0.1, 0.15) is 26.7 Å². The van der Waals surface area contributed by atoms with E-state index in [0.29, 0.717) is 0 Å². The number of hydrogen-bond acceptors (Lipinski definition) is 5. The highest BCUT2D eigenvalue weighted by molar-refractivity contribution is 4.61. The molecule has 0 spiro atoms. The second kappa shape index (κ2) is 15.3. The summed E-state index contributed by atoms with van der Waals surface area (Å²) in [4.78, 5) is 9.49. The van der Waals surface area contributed by atoms with Crippen molar-refractivity contribution in [2.45, 2.75) is 26.7 Å². The Balaban J connectivity index is 3.89. The molecule has 0 aliphatic rings. The number of rotatable bonds is 16. The molecule has 0 amide bonds. The van der Waals surface area contributed by atoms with E-state index in [1.807, 2.05) is 0 Å². The van der Waals surface area contributed by atoms with Crippen molar-refractivity contribution in [3.8, 4) is 0 Å². The molecule has 0 aliphatic carbocycles. The summed E-state index contributed by atoms with van der Waals surface area (Å²) in [5.74, 6) is 0. The second-order valence-electron chi connectivity index (χ2n) is 6.79. The minimum absolute atomic E-state index is 0.852. The van der Waals surface area contributed by atoms with E-state index in [4.69, 9.17) is 4.74 Å². The lowest BCUT2D eigenvalue weighted by Crippen LogP contribution is -2.33. The molecule has 0 aromatic carbocycles. The van der Waals surface area contributed by atoms with Gasteiger partial charge < -0.3 is 24.3 Å². The summed E-state index contributed by atoms with van der Waals surface area (Å²) >= 11 is 0. The molecular formula is C18H42N4O. The smallest absolute Gasteiger partial charge is 0.0594 e. The third-order valence-corrected chi connectivity index (χ3v) is 4.16. The lowest BCUT2D eigenvalue weighted by atomic mass is 10.3. The van der Waals surface area contributed by atoms with Crippen LogP contribution in [0.15, 0.2) is 0 Å². The third-order valence-electron chi connectivity index (χ3n) is 4.16. The second-order valence-corrected chi connectivity index (χ2v) is 6.79. The molecule has 5 heteroatoms. The largest absolute Gasteiger partial charge is 0.379 e. The van der Waals surface area contributed by atoms with E-state index >= 15 is 0 Å². The number of hydrogen-bond donors (Lipinski definition) is 0. The topological polar surface area (TPSA) is 22.2 Å². The first kappa shape index (κ1) is 22.8. The fourth-order valence-electron chi connectivity index (χ4n) is 2.59. The van der Waals surface area contributed by atoms with Gasteiger partial charge in [-0.3, -0.25) is 0 Å². The van der Waals surface area contributed by atoms with Crippen molar-refractivity contribution >= 4 is 0 Å². The molecule has 0 heterocycles. The van der Waals surface area contributed by atoms with Crippen LogP contribution < -0.4 is 0 Å². The van der Waals surface area contributed by atoms with Gasteiger partial charge >= 0.3 is 0 Å². The van der Waals surface area contributed by atoms with E-state index in [-0.39, 0.29) is 0 Å². The van der Waals surface area contributed by atoms with Crippen molar-refractivity contribution in [2.24, 2.45) is 0 Å². The Morgan fingerprint density at radius 3 is 1.39 bits per heavy atom. The van der Waals surface area contributed by atoms with Gasteiger partial charge in [0, 0.05) is 13.1 Å². The maximum absolute atomic E-state index is 5.85. The predicted octanol–water partition coefficient (Wildman–Crippen LogP) is 1.55. The van der Waals surface area contributed by atoms with E-state index in [1.165, 1.54) is 25.9 Å². The number of ether oxygens (including phenoxy) is 1. The highest BCUT2D eigenvalue weighted by Crippen LogP contribution is 1.97. The van der Waals surface area contributed by atoms with Gasteiger partial charge in [0.1, 0.15) is 0 Å². The Labute approximate surface area is 145 Å². The van der Waals surface area contributed by atoms with Crippen LogP contribution >= 0.6 is 0 Å². The molecule has 0 saturated carbocycles. The summed E-state index contributed by atoms with van der Waals surface area (Å²) < 4.78 is 5.85. The van der Waals surface area contributed by atoms with Gasteiger partial charge in [0.15, 0.2) is 0 Å². The van der Waals surface area contributed by atoms with Crippen LogP contribution in [-0.4, -0.2) is 113 Å². The molecule has 0 unspecified atom stereocenters. The van der Waals surface area contributed by atoms with Gasteiger partial charge in [-0.1, -0.05) is 13.8 Å². The van der Waals surface area contributed by atoms with Gasteiger partial charge in [0.25, 0.3) is 0 Å². The monoisotopic (exact) mass is 330 g/mol. The molecule has 0 saturated heterocycles. The number of likely N-dealkylation sites (N-methyl/N-ethyl adjacent to an activating group) is 1. The van der Waals surface area contributed by atoms with Crippen LogP contribution in [0.3, 0.4) is 0 Å². The van der Waals surface area contributed by atoms with Gasteiger partial charge in [0.05, 0.1) is 13.2 Å². The van der Waals surface area contributed by atoms with Crippen LogP contribution in [0.5, 0.6) is 0 Å². The molecule has 0 atom stereocenters. The molecule has 0 aliphatic heterocycles. The van der Waals surface area contributed by atoms with Crippen LogP contribution in [0.2, 0.25) is 0 Å². The summed E-state index contributed by atoms with van der Waals surface area (Å²) in [7, 11) is 8.58. The van der Waals surface area contributed by atoms with Crippen molar-refractivity contribution in [2.75, 3.05) is 93.8 Å². The molecule has 0 aromatic heterocycles. The Morgan fingerprint density at radius 1 is 0.565 bits per heavy atom. The fourth-order valence-corrected chi connectivity index (χ4v) is 2.59. The summed E-state index contributed by atoms with van der Waals surface area (Å²) in [5, 5.41) is 0. The average Bonchev–Trinajstić information content (AvgIpc) is 2.49. The highest BCUT2D eigenvalue weighted by atomic mass is 16.5. The first-order valence-corrected chi connectivity index (χ1v) is 9.31. The molecule has 0 aromatic rings. The van der Waals surface area contributed by atoms with E-state index in [9.17, 15) is 0 Å². The molecule has 140 valence electrons. The summed E-state index contributed by atoms with van der Waals surface area (Å²) in [6.45, 7) is 15.1. The lowest BCUT2D eigenvalue weighted by molar-refractivity contribution is 0.0834. The number of nitrogens with zero attached hydrogens (tertiary/aromatic N) is 4. The van der Waals surface area contributed by atoms with Crippen LogP contribution in [0.25, 0.3) is 0 Å². The van der Waals surface area contributed by atoms with Crippen molar-refractivity contribution in [3.63, 3.8) is 0 Å². The first-order valence-electron chi connectivity index (χ1n) is 9.31. The Kier molecular flexibility index (Phi) is 15.2. The van der Waals surface area contributed by atoms with E-state index < -0.39 is 0 Å². The standard InChI is InChI=1S/C18H42N4O/c1-7-21(8-2)15-17-23-18-16-22(13-9-11-19(3)4)14-10-12-20(5)6/h7-18H2,1-6H3. The molecule has 0 fully saturated rings. The van der Waals surface area contributed by atoms with Gasteiger partial charge in [-0.15, -0.1) is 0 Å². The van der Waals surface area contributed by atoms with Crippen LogP contribution in [-0.2, 0) is 4.74 Å². The third kappa shape index (κ3) is 15.1. The summed E-state index contributed by atoms with van der Waals surface area (Å²) in [6.07, 6.45) is 2.46. The fraction of sp³-hybridized carbons (Fsp3) is 1.00. The summed E-state index contributed by atoms with van der Waals surface area (Å²) in [5.41, 5.74) is 0. The quantitative estimate of drug-likeness (QED) is 0.399. The summed E-state index contributed by atoms with van der Waals surface area (Å²) in [6, 6.07) is 0. The van der Waals surface area contributed by atoms with Crippen LogP contribution in [0.4, 0.5) is 0 Å². The van der Waals surface area contributed by atoms with E-state index in [0.717, 1.165) is 52.5 Å². The molecule has 0 rings (SSSR count). The molecular weight excluding hydrogens is 288 g/mol. The first-order chi connectivity index (χ1) is 11.0. The van der Waals surface area contributed by atoms with Crippen molar-refractivity contribution in [1.29, 1.82) is 0 Å². The minimum Gasteiger partial charge on any atom is -0.379 e. The zero-order chi connectivity index (χ0) is 17.5. The average molecular weight is 331 g/mol. The van der Waals surface area contributed by atoms with E-state index in [1.54, 1.807) is 0 Å². The Hall–Kier alpha value is -0.200.